The van der Waals surface area contributed by atoms with Crippen molar-refractivity contribution in [1.82, 2.24) is 9.97 Å². The average molecular weight is 278 g/mol. The first-order valence-electron chi connectivity index (χ1n) is 5.85. The van der Waals surface area contributed by atoms with Gasteiger partial charge in [-0.1, -0.05) is 6.92 Å². The minimum Gasteiger partial charge on any atom is -0.308 e. The molecule has 0 spiro atoms. The Bertz CT molecular complexity index is 579. The molecule has 4 nitrogen and oxygen atoms in total. The van der Waals surface area contributed by atoms with Crippen LogP contribution in [0.5, 0.6) is 0 Å². The highest BCUT2D eigenvalue weighted by atomic mass is 32.2. The van der Waals surface area contributed by atoms with Crippen LogP contribution in [0.1, 0.15) is 23.1 Å². The smallest absolute Gasteiger partial charge is 0.171 e. The molecule has 0 atom stereocenters. The first kappa shape index (κ1) is 12.0. The van der Waals surface area contributed by atoms with E-state index >= 15 is 0 Å². The highest BCUT2D eigenvalue weighted by Gasteiger charge is 2.20. The second-order valence-electron chi connectivity index (χ2n) is 4.08. The summed E-state index contributed by atoms with van der Waals surface area (Å²) >= 11 is 3.60. The molecule has 2 aromatic heterocycles. The van der Waals surface area contributed by atoms with Crippen LogP contribution in [0.2, 0.25) is 0 Å². The van der Waals surface area contributed by atoms with Gasteiger partial charge in [0.2, 0.25) is 0 Å². The molecule has 3 rings (SSSR count). The van der Waals surface area contributed by atoms with Crippen LogP contribution in [0.4, 0.5) is 5.82 Å². The van der Waals surface area contributed by atoms with E-state index in [4.69, 9.17) is 5.84 Å². The van der Waals surface area contributed by atoms with Crippen molar-refractivity contribution in [3.05, 3.63) is 28.3 Å². The summed E-state index contributed by atoms with van der Waals surface area (Å²) in [4.78, 5) is 11.7. The van der Waals surface area contributed by atoms with Gasteiger partial charge in [0.25, 0.3) is 0 Å². The van der Waals surface area contributed by atoms with Crippen LogP contribution in [0.15, 0.2) is 12.1 Å². The van der Waals surface area contributed by atoms with E-state index in [1.807, 2.05) is 11.8 Å². The molecule has 1 aliphatic rings. The van der Waals surface area contributed by atoms with Crippen molar-refractivity contribution in [1.29, 1.82) is 0 Å². The Morgan fingerprint density at radius 2 is 2.22 bits per heavy atom. The topological polar surface area (TPSA) is 63.8 Å². The van der Waals surface area contributed by atoms with Gasteiger partial charge in [0, 0.05) is 21.9 Å². The second kappa shape index (κ2) is 4.87. The maximum atomic E-state index is 5.56. The molecule has 0 bridgehead atoms. The molecular formula is C12H14N4S2. The Morgan fingerprint density at radius 3 is 2.94 bits per heavy atom. The number of thiophene rings is 1. The number of aryl methyl sites for hydroxylation is 1. The van der Waals surface area contributed by atoms with Crippen LogP contribution in [-0.4, -0.2) is 9.97 Å². The molecule has 0 aromatic carbocycles. The van der Waals surface area contributed by atoms with Crippen LogP contribution < -0.4 is 11.3 Å². The molecule has 3 N–H and O–H groups in total. The number of rotatable bonds is 3. The standard InChI is InChI=1S/C12H14N4S2/c1-2-7-3-4-10(18-7)12-14-9-6-17-5-8(9)11(15-12)16-13/h3-4H,2,5-6,13H2,1H3,(H,14,15,16). The molecule has 0 saturated heterocycles. The molecular weight excluding hydrogens is 264 g/mol. The number of thioether (sulfide) groups is 1. The normalized spacial score (nSPS) is 13.7. The highest BCUT2D eigenvalue weighted by Crippen LogP contribution is 2.35. The number of nitrogens with zero attached hydrogens (tertiary/aromatic N) is 2. The van der Waals surface area contributed by atoms with Gasteiger partial charge in [0.05, 0.1) is 10.6 Å². The van der Waals surface area contributed by atoms with Crippen LogP contribution in [0, 0.1) is 0 Å². The first-order chi connectivity index (χ1) is 8.81. The fourth-order valence-corrected chi connectivity index (χ4v) is 3.89. The van der Waals surface area contributed by atoms with Gasteiger partial charge < -0.3 is 5.43 Å². The van der Waals surface area contributed by atoms with Gasteiger partial charge in [-0.25, -0.2) is 15.8 Å². The molecule has 3 heterocycles. The number of nitrogens with one attached hydrogen (secondary N) is 1. The van der Waals surface area contributed by atoms with E-state index < -0.39 is 0 Å². The number of hydrazine groups is 1. The summed E-state index contributed by atoms with van der Waals surface area (Å²) in [5, 5.41) is 0. The molecule has 0 fully saturated rings. The summed E-state index contributed by atoms with van der Waals surface area (Å²) in [6.45, 7) is 2.16. The highest BCUT2D eigenvalue weighted by molar-refractivity contribution is 7.98. The lowest BCUT2D eigenvalue weighted by atomic mass is 10.2. The monoisotopic (exact) mass is 278 g/mol. The fourth-order valence-electron chi connectivity index (χ4n) is 1.97. The van der Waals surface area contributed by atoms with Gasteiger partial charge in [-0.2, -0.15) is 11.8 Å². The van der Waals surface area contributed by atoms with Gasteiger partial charge >= 0.3 is 0 Å². The lowest BCUT2D eigenvalue weighted by molar-refractivity contribution is 1.06. The Morgan fingerprint density at radius 1 is 1.33 bits per heavy atom. The first-order valence-corrected chi connectivity index (χ1v) is 7.82. The third kappa shape index (κ3) is 2.00. The van der Waals surface area contributed by atoms with Gasteiger partial charge in [-0.15, -0.1) is 11.3 Å². The number of aromatic nitrogens is 2. The predicted octanol–water partition coefficient (Wildman–Crippen LogP) is 2.80. The van der Waals surface area contributed by atoms with Crippen LogP contribution >= 0.6 is 23.1 Å². The van der Waals surface area contributed by atoms with E-state index in [2.05, 4.69) is 34.5 Å². The summed E-state index contributed by atoms with van der Waals surface area (Å²) in [5.41, 5.74) is 4.97. The Balaban J connectivity index is 2.07. The average Bonchev–Trinajstić information content (AvgIpc) is 3.05. The zero-order chi connectivity index (χ0) is 12.5. The third-order valence-corrected chi connectivity index (χ3v) is 5.14. The zero-order valence-electron chi connectivity index (χ0n) is 10.1. The summed E-state index contributed by atoms with van der Waals surface area (Å²) < 4.78 is 0. The summed E-state index contributed by atoms with van der Waals surface area (Å²) in [6.07, 6.45) is 1.05. The van der Waals surface area contributed by atoms with Crippen molar-refractivity contribution in [3.63, 3.8) is 0 Å². The number of nitrogens with two attached hydrogens (primary N) is 1. The molecule has 0 radical (unpaired) electrons. The molecule has 94 valence electrons. The van der Waals surface area contributed by atoms with Crippen molar-refractivity contribution in [2.45, 2.75) is 24.9 Å². The van der Waals surface area contributed by atoms with Crippen LogP contribution in [0.3, 0.4) is 0 Å². The zero-order valence-corrected chi connectivity index (χ0v) is 11.7. The van der Waals surface area contributed by atoms with E-state index in [1.165, 1.54) is 4.88 Å². The van der Waals surface area contributed by atoms with E-state index in [1.54, 1.807) is 11.3 Å². The minimum absolute atomic E-state index is 0.770. The number of hydrogen-bond acceptors (Lipinski definition) is 6. The van der Waals surface area contributed by atoms with Crippen molar-refractivity contribution in [2.24, 2.45) is 5.84 Å². The van der Waals surface area contributed by atoms with E-state index in [-0.39, 0.29) is 0 Å². The maximum absolute atomic E-state index is 5.56. The van der Waals surface area contributed by atoms with E-state index in [9.17, 15) is 0 Å². The van der Waals surface area contributed by atoms with E-state index in [0.717, 1.165) is 45.7 Å². The number of hydrogen-bond donors (Lipinski definition) is 2. The van der Waals surface area contributed by atoms with Crippen LogP contribution in [-0.2, 0) is 17.9 Å². The van der Waals surface area contributed by atoms with Gasteiger partial charge in [-0.05, 0) is 18.6 Å². The summed E-state index contributed by atoms with van der Waals surface area (Å²) in [6, 6.07) is 4.23. The molecule has 6 heteroatoms. The SMILES string of the molecule is CCc1ccc(-c2nc3c(c(NN)n2)CSC3)s1. The van der Waals surface area contributed by atoms with Crippen molar-refractivity contribution >= 4 is 28.9 Å². The van der Waals surface area contributed by atoms with Gasteiger partial charge in [0.15, 0.2) is 5.82 Å². The number of nitrogen functional groups attached to an aromatic ring is 1. The quantitative estimate of drug-likeness (QED) is 0.667. The third-order valence-electron chi connectivity index (χ3n) is 2.95. The summed E-state index contributed by atoms with van der Waals surface area (Å²) in [5.74, 6) is 9.01. The molecule has 18 heavy (non-hydrogen) atoms. The number of anilines is 1. The van der Waals surface area contributed by atoms with Crippen LogP contribution in [0.25, 0.3) is 10.7 Å². The van der Waals surface area contributed by atoms with E-state index in [0.29, 0.717) is 0 Å². The van der Waals surface area contributed by atoms with Gasteiger partial charge in [-0.3, -0.25) is 0 Å². The Labute approximate surface area is 114 Å². The largest absolute Gasteiger partial charge is 0.308 e. The van der Waals surface area contributed by atoms with Crippen molar-refractivity contribution in [3.8, 4) is 10.7 Å². The summed E-state index contributed by atoms with van der Waals surface area (Å²) in [7, 11) is 0. The number of fused-ring (bicyclic) bond motifs is 1. The molecule has 0 unspecified atom stereocenters. The molecule has 0 amide bonds. The molecule has 0 aliphatic carbocycles. The molecule has 2 aromatic rings. The molecule has 1 aliphatic heterocycles. The van der Waals surface area contributed by atoms with Gasteiger partial charge in [0.1, 0.15) is 5.82 Å². The Hall–Kier alpha value is -1.11. The minimum atomic E-state index is 0.770. The lowest BCUT2D eigenvalue weighted by Crippen LogP contribution is -2.12. The van der Waals surface area contributed by atoms with Crippen molar-refractivity contribution in [2.75, 3.05) is 5.43 Å². The maximum Gasteiger partial charge on any atom is 0.171 e. The predicted molar refractivity (Wildman–Crippen MR) is 77.5 cm³/mol. The Kier molecular flexibility index (Phi) is 3.23. The molecule has 0 saturated carbocycles. The fraction of sp³-hybridized carbons (Fsp3) is 0.333. The lowest BCUT2D eigenvalue weighted by Gasteiger charge is -2.07. The van der Waals surface area contributed by atoms with Crippen molar-refractivity contribution < 1.29 is 0 Å². The second-order valence-corrected chi connectivity index (χ2v) is 6.23.